The Bertz CT molecular complexity index is 761. The van der Waals surface area contributed by atoms with Crippen molar-refractivity contribution in [1.29, 1.82) is 0 Å². The van der Waals surface area contributed by atoms with Crippen LogP contribution in [-0.4, -0.2) is 60.5 Å². The lowest BCUT2D eigenvalue weighted by atomic mass is 9.72. The molecular weight excluding hydrogens is 364 g/mol. The van der Waals surface area contributed by atoms with E-state index in [9.17, 15) is 9.59 Å². The van der Waals surface area contributed by atoms with Gasteiger partial charge in [0.1, 0.15) is 0 Å². The van der Waals surface area contributed by atoms with E-state index in [1.807, 2.05) is 9.80 Å². The van der Waals surface area contributed by atoms with Crippen LogP contribution in [-0.2, 0) is 20.7 Å². The van der Waals surface area contributed by atoms with E-state index >= 15 is 0 Å². The summed E-state index contributed by atoms with van der Waals surface area (Å²) in [6, 6.07) is 6.33. The first kappa shape index (κ1) is 20.4. The van der Waals surface area contributed by atoms with E-state index in [0.717, 1.165) is 70.5 Å². The lowest BCUT2D eigenvalue weighted by Crippen LogP contribution is -2.53. The van der Waals surface area contributed by atoms with Crippen molar-refractivity contribution in [3.8, 4) is 0 Å². The molecular formula is C24H34N2O3. The quantitative estimate of drug-likeness (QED) is 0.782. The number of nitrogens with zero attached hydrogens (tertiary/aromatic N) is 2. The molecule has 0 bridgehead atoms. The summed E-state index contributed by atoms with van der Waals surface area (Å²) in [6.07, 6.45) is 6.49. The molecule has 2 amide bonds. The zero-order valence-electron chi connectivity index (χ0n) is 17.9. The van der Waals surface area contributed by atoms with Gasteiger partial charge in [-0.05, 0) is 62.5 Å². The van der Waals surface area contributed by atoms with Gasteiger partial charge in [-0.1, -0.05) is 23.8 Å². The second kappa shape index (κ2) is 8.47. The lowest BCUT2D eigenvalue weighted by Gasteiger charge is -2.47. The number of benzene rings is 1. The van der Waals surface area contributed by atoms with E-state index in [2.05, 4.69) is 32.0 Å². The molecule has 0 unspecified atom stereocenters. The summed E-state index contributed by atoms with van der Waals surface area (Å²) in [5, 5.41) is 0. The maximum Gasteiger partial charge on any atom is 0.227 e. The summed E-state index contributed by atoms with van der Waals surface area (Å²) < 4.78 is 5.76. The molecule has 5 heteroatoms. The zero-order valence-corrected chi connectivity index (χ0v) is 17.9. The molecule has 1 spiro atoms. The average molecular weight is 399 g/mol. The van der Waals surface area contributed by atoms with Gasteiger partial charge >= 0.3 is 0 Å². The number of piperidine rings is 2. The molecule has 0 saturated carbocycles. The number of hydrogen-bond donors (Lipinski definition) is 0. The predicted molar refractivity (Wildman–Crippen MR) is 113 cm³/mol. The van der Waals surface area contributed by atoms with E-state index in [4.69, 9.17) is 4.74 Å². The Morgan fingerprint density at radius 1 is 1.21 bits per heavy atom. The first-order valence-electron chi connectivity index (χ1n) is 11.2. The number of likely N-dealkylation sites (tertiary alicyclic amines) is 2. The Kier molecular flexibility index (Phi) is 5.95. The van der Waals surface area contributed by atoms with Crippen LogP contribution in [0.5, 0.6) is 0 Å². The smallest absolute Gasteiger partial charge is 0.227 e. The molecule has 1 aromatic rings. The molecule has 3 aliphatic rings. The van der Waals surface area contributed by atoms with Crippen LogP contribution in [0.25, 0.3) is 0 Å². The third kappa shape index (κ3) is 4.66. The van der Waals surface area contributed by atoms with E-state index in [1.54, 1.807) is 0 Å². The molecule has 3 heterocycles. The van der Waals surface area contributed by atoms with Crippen LogP contribution >= 0.6 is 0 Å². The highest BCUT2D eigenvalue weighted by atomic mass is 16.5. The fraction of sp³-hybridized carbons (Fsp3) is 0.667. The number of rotatable bonds is 4. The summed E-state index contributed by atoms with van der Waals surface area (Å²) in [7, 11) is 0. The molecule has 0 aliphatic carbocycles. The van der Waals surface area contributed by atoms with Crippen molar-refractivity contribution in [1.82, 2.24) is 9.80 Å². The number of carbonyl (C=O) groups is 2. The maximum atomic E-state index is 12.9. The molecule has 0 N–H and O–H groups in total. The second-order valence-electron chi connectivity index (χ2n) is 9.40. The molecule has 3 fully saturated rings. The van der Waals surface area contributed by atoms with E-state index in [-0.39, 0.29) is 23.3 Å². The van der Waals surface area contributed by atoms with Crippen molar-refractivity contribution in [3.63, 3.8) is 0 Å². The lowest BCUT2D eigenvalue weighted by molar-refractivity contribution is -0.143. The van der Waals surface area contributed by atoms with Crippen molar-refractivity contribution < 1.29 is 14.3 Å². The van der Waals surface area contributed by atoms with Gasteiger partial charge in [0.2, 0.25) is 11.8 Å². The number of aryl methyl sites for hydroxylation is 2. The average Bonchev–Trinajstić information content (AvgIpc) is 3.21. The largest absolute Gasteiger partial charge is 0.376 e. The SMILES string of the molecule is Cc1ccc(C)c(CC(=O)N2CCC3(CCC(=O)N(C[C@H]4CCCO4)C3)CC2)c1. The molecule has 0 radical (unpaired) electrons. The van der Waals surface area contributed by atoms with Gasteiger partial charge in [0.25, 0.3) is 0 Å². The number of carbonyl (C=O) groups excluding carboxylic acids is 2. The monoisotopic (exact) mass is 398 g/mol. The second-order valence-corrected chi connectivity index (χ2v) is 9.40. The molecule has 5 nitrogen and oxygen atoms in total. The Morgan fingerprint density at radius 2 is 2.00 bits per heavy atom. The molecule has 29 heavy (non-hydrogen) atoms. The van der Waals surface area contributed by atoms with Crippen molar-refractivity contribution in [2.24, 2.45) is 5.41 Å². The van der Waals surface area contributed by atoms with Crippen LogP contribution in [0.1, 0.15) is 55.2 Å². The van der Waals surface area contributed by atoms with Gasteiger partial charge in [0.05, 0.1) is 12.5 Å². The molecule has 158 valence electrons. The van der Waals surface area contributed by atoms with Crippen LogP contribution in [0, 0.1) is 19.3 Å². The summed E-state index contributed by atoms with van der Waals surface area (Å²) in [5.41, 5.74) is 3.71. The highest BCUT2D eigenvalue weighted by Gasteiger charge is 2.42. The zero-order chi connectivity index (χ0) is 20.4. The fourth-order valence-electron chi connectivity index (χ4n) is 5.21. The predicted octanol–water partition coefficient (Wildman–Crippen LogP) is 3.26. The topological polar surface area (TPSA) is 49.9 Å². The summed E-state index contributed by atoms with van der Waals surface area (Å²) in [4.78, 5) is 29.4. The standard InChI is InChI=1S/C24H34N2O3/c1-18-5-6-19(2)20(14-18)15-23(28)25-11-9-24(10-12-25)8-7-22(27)26(17-24)16-21-4-3-13-29-21/h5-6,14,21H,3-4,7-13,15-17H2,1-2H3/t21-/m1/s1. The van der Waals surface area contributed by atoms with Crippen LogP contribution < -0.4 is 0 Å². The molecule has 4 rings (SSSR count). The summed E-state index contributed by atoms with van der Waals surface area (Å²) in [6.45, 7) is 8.19. The van der Waals surface area contributed by atoms with Crippen molar-refractivity contribution in [3.05, 3.63) is 34.9 Å². The minimum Gasteiger partial charge on any atom is -0.376 e. The minimum absolute atomic E-state index is 0.183. The van der Waals surface area contributed by atoms with E-state index < -0.39 is 0 Å². The van der Waals surface area contributed by atoms with Crippen LogP contribution in [0.2, 0.25) is 0 Å². The van der Waals surface area contributed by atoms with E-state index in [0.29, 0.717) is 12.8 Å². The Morgan fingerprint density at radius 3 is 2.72 bits per heavy atom. The third-order valence-electron chi connectivity index (χ3n) is 7.22. The number of ether oxygens (including phenoxy) is 1. The Balaban J connectivity index is 1.33. The number of hydrogen-bond acceptors (Lipinski definition) is 3. The summed E-state index contributed by atoms with van der Waals surface area (Å²) >= 11 is 0. The van der Waals surface area contributed by atoms with Gasteiger partial charge in [-0.2, -0.15) is 0 Å². The number of amides is 2. The highest BCUT2D eigenvalue weighted by molar-refractivity contribution is 5.79. The van der Waals surface area contributed by atoms with Gasteiger partial charge < -0.3 is 14.5 Å². The third-order valence-corrected chi connectivity index (χ3v) is 7.22. The molecule has 3 aliphatic heterocycles. The highest BCUT2D eigenvalue weighted by Crippen LogP contribution is 2.40. The van der Waals surface area contributed by atoms with Gasteiger partial charge in [0.15, 0.2) is 0 Å². The fourth-order valence-corrected chi connectivity index (χ4v) is 5.21. The maximum absolute atomic E-state index is 12.9. The van der Waals surface area contributed by atoms with Crippen molar-refractivity contribution in [2.45, 2.75) is 64.9 Å². The molecule has 1 aromatic carbocycles. The summed E-state index contributed by atoms with van der Waals surface area (Å²) in [5.74, 6) is 0.510. The Hall–Kier alpha value is -1.88. The Labute approximate surface area is 174 Å². The van der Waals surface area contributed by atoms with E-state index in [1.165, 1.54) is 11.1 Å². The molecule has 0 aromatic heterocycles. The van der Waals surface area contributed by atoms with Gasteiger partial charge in [-0.3, -0.25) is 9.59 Å². The van der Waals surface area contributed by atoms with Crippen molar-refractivity contribution >= 4 is 11.8 Å². The molecule has 3 saturated heterocycles. The van der Waals surface area contributed by atoms with Crippen LogP contribution in [0.15, 0.2) is 18.2 Å². The first-order chi connectivity index (χ1) is 13.9. The van der Waals surface area contributed by atoms with Crippen molar-refractivity contribution in [2.75, 3.05) is 32.8 Å². The normalized spacial score (nSPS) is 24.3. The molecule has 1 atom stereocenters. The van der Waals surface area contributed by atoms with Crippen LogP contribution in [0.4, 0.5) is 0 Å². The first-order valence-corrected chi connectivity index (χ1v) is 11.2. The minimum atomic E-state index is 0.183. The van der Waals surface area contributed by atoms with Gasteiger partial charge in [0, 0.05) is 39.2 Å². The van der Waals surface area contributed by atoms with Gasteiger partial charge in [-0.15, -0.1) is 0 Å². The van der Waals surface area contributed by atoms with Crippen LogP contribution in [0.3, 0.4) is 0 Å². The van der Waals surface area contributed by atoms with Gasteiger partial charge in [-0.25, -0.2) is 0 Å².